The van der Waals surface area contributed by atoms with Gasteiger partial charge in [-0.15, -0.1) is 0 Å². The SMILES string of the molecule is CN(CC1CCCN(CCc2ccc(Cl)cc2)C1)C(=O)C[n+]1cc([O-])on1. The lowest BCUT2D eigenvalue weighted by Gasteiger charge is -2.34. The van der Waals surface area contributed by atoms with Crippen molar-refractivity contribution in [3.8, 4) is 5.95 Å². The van der Waals surface area contributed by atoms with Crippen LogP contribution in [-0.2, 0) is 17.8 Å². The Bertz CT molecular complexity index is 750. The second-order valence-electron chi connectivity index (χ2n) is 7.18. The molecule has 27 heavy (non-hydrogen) atoms. The number of likely N-dealkylation sites (tertiary alicyclic amines) is 1. The molecule has 2 aromatic rings. The zero-order valence-electron chi connectivity index (χ0n) is 15.5. The lowest BCUT2D eigenvalue weighted by atomic mass is 9.97. The van der Waals surface area contributed by atoms with Crippen LogP contribution in [0.3, 0.4) is 0 Å². The lowest BCUT2D eigenvalue weighted by Crippen LogP contribution is -2.47. The van der Waals surface area contributed by atoms with E-state index in [2.05, 4.69) is 26.8 Å². The molecule has 0 aliphatic carbocycles. The summed E-state index contributed by atoms with van der Waals surface area (Å²) in [5, 5.41) is 15.3. The van der Waals surface area contributed by atoms with E-state index in [9.17, 15) is 9.90 Å². The minimum absolute atomic E-state index is 0.0231. The summed E-state index contributed by atoms with van der Waals surface area (Å²) in [6, 6.07) is 8.01. The Balaban J connectivity index is 1.44. The van der Waals surface area contributed by atoms with Crippen molar-refractivity contribution in [2.45, 2.75) is 25.8 Å². The summed E-state index contributed by atoms with van der Waals surface area (Å²) in [4.78, 5) is 16.5. The maximum Gasteiger partial charge on any atom is 0.290 e. The number of nitrogens with zero attached hydrogens (tertiary/aromatic N) is 4. The monoisotopic (exact) mass is 392 g/mol. The molecule has 146 valence electrons. The number of hydrogen-bond acceptors (Lipinski definition) is 5. The first kappa shape index (κ1) is 19.6. The number of benzene rings is 1. The van der Waals surface area contributed by atoms with Gasteiger partial charge in [-0.25, -0.2) is 0 Å². The number of aromatic nitrogens is 2. The maximum atomic E-state index is 12.3. The van der Waals surface area contributed by atoms with E-state index >= 15 is 0 Å². The third-order valence-electron chi connectivity index (χ3n) is 4.98. The predicted molar refractivity (Wildman–Crippen MR) is 98.1 cm³/mol. The van der Waals surface area contributed by atoms with Crippen molar-refractivity contribution in [2.24, 2.45) is 5.92 Å². The molecule has 3 rings (SSSR count). The van der Waals surface area contributed by atoms with E-state index in [1.54, 1.807) is 11.9 Å². The molecule has 0 N–H and O–H groups in total. The van der Waals surface area contributed by atoms with E-state index in [1.165, 1.54) is 16.4 Å². The highest BCUT2D eigenvalue weighted by Gasteiger charge is 2.24. The standard InChI is InChI=1S/C19H25ClN4O3/c1-22(18(25)13-24-14-19(26)27-21-24)11-16-3-2-9-23(12-16)10-8-15-4-6-17(20)7-5-15/h4-7,14,16H,2-3,8-13H2,1H3. The molecule has 8 heteroatoms. The molecule has 1 amide bonds. The van der Waals surface area contributed by atoms with E-state index < -0.39 is 5.95 Å². The predicted octanol–water partition coefficient (Wildman–Crippen LogP) is 1.10. The molecule has 2 heterocycles. The van der Waals surface area contributed by atoms with Crippen LogP contribution in [0.15, 0.2) is 35.0 Å². The molecule has 0 bridgehead atoms. The molecular formula is C19H25ClN4O3. The minimum Gasteiger partial charge on any atom is -0.539 e. The summed E-state index contributed by atoms with van der Waals surface area (Å²) >= 11 is 5.94. The molecule has 1 fully saturated rings. The second-order valence-corrected chi connectivity index (χ2v) is 7.61. The second kappa shape index (κ2) is 9.19. The van der Waals surface area contributed by atoms with Crippen molar-refractivity contribution >= 4 is 17.5 Å². The zero-order chi connectivity index (χ0) is 19.2. The molecule has 0 saturated carbocycles. The van der Waals surface area contributed by atoms with Gasteiger partial charge in [0.1, 0.15) is 5.95 Å². The van der Waals surface area contributed by atoms with Gasteiger partial charge in [-0.05, 0) is 49.4 Å². The Morgan fingerprint density at radius 2 is 2.22 bits per heavy atom. The van der Waals surface area contributed by atoms with Crippen molar-refractivity contribution in [3.05, 3.63) is 41.0 Å². The van der Waals surface area contributed by atoms with Crippen LogP contribution in [0.4, 0.5) is 0 Å². The highest BCUT2D eigenvalue weighted by molar-refractivity contribution is 6.30. The maximum absolute atomic E-state index is 12.3. The molecule has 1 unspecified atom stereocenters. The Hall–Kier alpha value is -2.12. The smallest absolute Gasteiger partial charge is 0.290 e. The first-order valence-corrected chi connectivity index (χ1v) is 9.61. The third kappa shape index (κ3) is 5.94. The topological polar surface area (TPSA) is 76.5 Å². The lowest BCUT2D eigenvalue weighted by molar-refractivity contribution is -0.751. The molecule has 1 aromatic carbocycles. The van der Waals surface area contributed by atoms with E-state index in [-0.39, 0.29) is 12.5 Å². The highest BCUT2D eigenvalue weighted by atomic mass is 35.5. The van der Waals surface area contributed by atoms with Gasteiger partial charge in [0.15, 0.2) is 0 Å². The van der Waals surface area contributed by atoms with Crippen molar-refractivity contribution < 1.29 is 19.1 Å². The Labute approximate surface area is 164 Å². The molecule has 1 aliphatic heterocycles. The molecule has 1 aromatic heterocycles. The fourth-order valence-electron chi connectivity index (χ4n) is 3.53. The van der Waals surface area contributed by atoms with Crippen LogP contribution in [0.1, 0.15) is 18.4 Å². The van der Waals surface area contributed by atoms with Gasteiger partial charge in [-0.1, -0.05) is 28.4 Å². The summed E-state index contributed by atoms with van der Waals surface area (Å²) < 4.78 is 5.69. The van der Waals surface area contributed by atoms with Crippen LogP contribution in [0, 0.1) is 5.92 Å². The van der Waals surface area contributed by atoms with Crippen LogP contribution in [0.25, 0.3) is 0 Å². The fraction of sp³-hybridized carbons (Fsp3) is 0.526. The average Bonchev–Trinajstić information content (AvgIpc) is 3.06. The number of carbonyl (C=O) groups excluding carboxylic acids is 1. The summed E-state index contributed by atoms with van der Waals surface area (Å²) in [6.45, 7) is 3.83. The van der Waals surface area contributed by atoms with Gasteiger partial charge >= 0.3 is 0 Å². The fourth-order valence-corrected chi connectivity index (χ4v) is 3.65. The van der Waals surface area contributed by atoms with Crippen molar-refractivity contribution in [1.82, 2.24) is 15.1 Å². The normalized spacial score (nSPS) is 17.8. The van der Waals surface area contributed by atoms with Gasteiger partial charge in [0.25, 0.3) is 12.5 Å². The minimum atomic E-state index is -0.547. The van der Waals surface area contributed by atoms with Crippen LogP contribution >= 0.6 is 11.6 Å². The largest absolute Gasteiger partial charge is 0.539 e. The van der Waals surface area contributed by atoms with Crippen LogP contribution in [0.5, 0.6) is 5.95 Å². The van der Waals surface area contributed by atoms with E-state index in [1.807, 2.05) is 12.1 Å². The average molecular weight is 393 g/mol. The zero-order valence-corrected chi connectivity index (χ0v) is 16.3. The van der Waals surface area contributed by atoms with E-state index in [0.717, 1.165) is 43.9 Å². The first-order chi connectivity index (χ1) is 13.0. The number of carbonyl (C=O) groups is 1. The summed E-state index contributed by atoms with van der Waals surface area (Å²) in [6.07, 6.45) is 4.45. The Kier molecular flexibility index (Phi) is 6.68. The summed E-state index contributed by atoms with van der Waals surface area (Å²) in [7, 11) is 1.80. The Morgan fingerprint density at radius 3 is 2.93 bits per heavy atom. The number of likely N-dealkylation sites (N-methyl/N-ethyl adjacent to an activating group) is 1. The molecule has 0 radical (unpaired) electrons. The number of amides is 1. The van der Waals surface area contributed by atoms with Crippen molar-refractivity contribution in [3.63, 3.8) is 0 Å². The van der Waals surface area contributed by atoms with E-state index in [4.69, 9.17) is 11.6 Å². The van der Waals surface area contributed by atoms with E-state index in [0.29, 0.717) is 12.5 Å². The van der Waals surface area contributed by atoms with Crippen LogP contribution in [-0.4, -0.2) is 54.2 Å². The van der Waals surface area contributed by atoms with Crippen molar-refractivity contribution in [1.29, 1.82) is 0 Å². The van der Waals surface area contributed by atoms with Crippen LogP contribution < -0.4 is 9.79 Å². The third-order valence-corrected chi connectivity index (χ3v) is 5.23. The van der Waals surface area contributed by atoms with Crippen LogP contribution in [0.2, 0.25) is 5.02 Å². The number of halogens is 1. The molecule has 0 spiro atoms. The molecule has 7 nitrogen and oxygen atoms in total. The summed E-state index contributed by atoms with van der Waals surface area (Å²) in [5.41, 5.74) is 1.29. The molecule has 1 aliphatic rings. The molecular weight excluding hydrogens is 368 g/mol. The van der Waals surface area contributed by atoms with Gasteiger partial charge < -0.3 is 19.4 Å². The number of piperidine rings is 1. The quantitative estimate of drug-likeness (QED) is 0.659. The van der Waals surface area contributed by atoms with Crippen molar-refractivity contribution in [2.75, 3.05) is 33.2 Å². The van der Waals surface area contributed by atoms with Gasteiger partial charge in [0, 0.05) is 31.7 Å². The first-order valence-electron chi connectivity index (χ1n) is 9.24. The Morgan fingerprint density at radius 1 is 1.44 bits per heavy atom. The van der Waals surface area contributed by atoms with Gasteiger partial charge in [0.2, 0.25) is 6.20 Å². The van der Waals surface area contributed by atoms with Gasteiger partial charge in [0.05, 0.1) is 5.27 Å². The molecule has 1 atom stereocenters. The molecule has 1 saturated heterocycles. The summed E-state index contributed by atoms with van der Waals surface area (Å²) in [5.74, 6) is -0.170. The van der Waals surface area contributed by atoms with Gasteiger partial charge in [-0.3, -0.25) is 4.79 Å². The highest BCUT2D eigenvalue weighted by Crippen LogP contribution is 2.18. The number of rotatable bonds is 7. The number of hydrogen-bond donors (Lipinski definition) is 0. The van der Waals surface area contributed by atoms with Gasteiger partial charge in [-0.2, -0.15) is 0 Å².